The first kappa shape index (κ1) is 11.4. The second kappa shape index (κ2) is 5.28. The van der Waals surface area contributed by atoms with Crippen molar-refractivity contribution < 1.29 is 9.47 Å². The Labute approximate surface area is 92.5 Å². The molecule has 4 unspecified atom stereocenters. The minimum absolute atomic E-state index is 0.245. The summed E-state index contributed by atoms with van der Waals surface area (Å²) in [6.45, 7) is 3.97. The van der Waals surface area contributed by atoms with Crippen molar-refractivity contribution in [2.75, 3.05) is 20.3 Å². The molecule has 1 heterocycles. The van der Waals surface area contributed by atoms with Gasteiger partial charge in [-0.25, -0.2) is 0 Å². The van der Waals surface area contributed by atoms with Crippen LogP contribution in [-0.2, 0) is 9.47 Å². The maximum Gasteiger partial charge on any atom is 0.0958 e. The molecule has 0 aromatic rings. The van der Waals surface area contributed by atoms with E-state index >= 15 is 0 Å². The van der Waals surface area contributed by atoms with Crippen molar-refractivity contribution >= 4 is 0 Å². The highest BCUT2D eigenvalue weighted by molar-refractivity contribution is 4.87. The van der Waals surface area contributed by atoms with E-state index in [-0.39, 0.29) is 6.10 Å². The molecule has 0 aromatic carbocycles. The van der Waals surface area contributed by atoms with Gasteiger partial charge >= 0.3 is 0 Å². The van der Waals surface area contributed by atoms with Crippen molar-refractivity contribution in [3.63, 3.8) is 0 Å². The smallest absolute Gasteiger partial charge is 0.0958 e. The average Bonchev–Trinajstić information content (AvgIpc) is 2.65. The Morgan fingerprint density at radius 2 is 2.13 bits per heavy atom. The monoisotopic (exact) mass is 213 g/mol. The molecule has 4 atom stereocenters. The molecule has 0 aromatic heterocycles. The zero-order chi connectivity index (χ0) is 10.7. The minimum atomic E-state index is 0.245. The van der Waals surface area contributed by atoms with E-state index in [1.807, 2.05) is 0 Å². The molecule has 0 spiro atoms. The largest absolute Gasteiger partial charge is 0.379 e. The Morgan fingerprint density at radius 1 is 1.27 bits per heavy atom. The molecule has 1 saturated carbocycles. The summed E-state index contributed by atoms with van der Waals surface area (Å²) in [6.07, 6.45) is 5.36. The van der Waals surface area contributed by atoms with Gasteiger partial charge in [-0.15, -0.1) is 0 Å². The molecule has 2 rings (SSSR count). The SMILES string of the molecule is COC1COCCC1NC1CCC(C)C1. The van der Waals surface area contributed by atoms with Crippen LogP contribution in [0.1, 0.15) is 32.6 Å². The lowest BCUT2D eigenvalue weighted by molar-refractivity contribution is -0.0520. The molecule has 2 fully saturated rings. The van der Waals surface area contributed by atoms with Gasteiger partial charge < -0.3 is 14.8 Å². The summed E-state index contributed by atoms with van der Waals surface area (Å²) in [6, 6.07) is 1.21. The zero-order valence-electron chi connectivity index (χ0n) is 9.87. The number of rotatable bonds is 3. The molecule has 1 aliphatic heterocycles. The number of ether oxygens (including phenoxy) is 2. The van der Waals surface area contributed by atoms with Gasteiger partial charge in [0.15, 0.2) is 0 Å². The Hall–Kier alpha value is -0.120. The quantitative estimate of drug-likeness (QED) is 0.772. The van der Waals surface area contributed by atoms with E-state index in [2.05, 4.69) is 12.2 Å². The van der Waals surface area contributed by atoms with Gasteiger partial charge in [0.25, 0.3) is 0 Å². The standard InChI is InChI=1S/C12H23NO2/c1-9-3-4-10(7-9)13-11-5-6-15-8-12(11)14-2/h9-13H,3-8H2,1-2H3. The van der Waals surface area contributed by atoms with E-state index < -0.39 is 0 Å². The highest BCUT2D eigenvalue weighted by atomic mass is 16.5. The van der Waals surface area contributed by atoms with Gasteiger partial charge in [-0.2, -0.15) is 0 Å². The number of nitrogens with one attached hydrogen (secondary N) is 1. The molecule has 0 amide bonds. The molecule has 1 aliphatic carbocycles. The summed E-state index contributed by atoms with van der Waals surface area (Å²) in [7, 11) is 1.78. The van der Waals surface area contributed by atoms with Gasteiger partial charge in [-0.05, 0) is 31.6 Å². The lowest BCUT2D eigenvalue weighted by Gasteiger charge is -2.33. The Balaban J connectivity index is 1.81. The normalized spacial score (nSPS) is 42.0. The summed E-state index contributed by atoms with van der Waals surface area (Å²) in [4.78, 5) is 0. The molecule has 15 heavy (non-hydrogen) atoms. The summed E-state index contributed by atoms with van der Waals surface area (Å²) < 4.78 is 10.9. The second-order valence-electron chi connectivity index (χ2n) is 5.03. The van der Waals surface area contributed by atoms with Crippen molar-refractivity contribution in [1.82, 2.24) is 5.32 Å². The van der Waals surface area contributed by atoms with Crippen molar-refractivity contribution in [3.05, 3.63) is 0 Å². The third kappa shape index (κ3) is 2.92. The summed E-state index contributed by atoms with van der Waals surface area (Å²) in [5, 5.41) is 3.74. The van der Waals surface area contributed by atoms with E-state index in [1.54, 1.807) is 7.11 Å². The van der Waals surface area contributed by atoms with Crippen LogP contribution in [-0.4, -0.2) is 38.5 Å². The highest BCUT2D eigenvalue weighted by Crippen LogP contribution is 2.26. The van der Waals surface area contributed by atoms with Gasteiger partial charge in [0, 0.05) is 25.8 Å². The molecule has 3 nitrogen and oxygen atoms in total. The van der Waals surface area contributed by atoms with Gasteiger partial charge in [0.1, 0.15) is 0 Å². The molecule has 1 saturated heterocycles. The average molecular weight is 213 g/mol. The molecular weight excluding hydrogens is 190 g/mol. The Kier molecular flexibility index (Phi) is 4.00. The first-order valence-corrected chi connectivity index (χ1v) is 6.16. The fraction of sp³-hybridized carbons (Fsp3) is 1.00. The van der Waals surface area contributed by atoms with Gasteiger partial charge in [-0.1, -0.05) is 6.92 Å². The minimum Gasteiger partial charge on any atom is -0.379 e. The van der Waals surface area contributed by atoms with E-state index in [0.717, 1.165) is 25.6 Å². The topological polar surface area (TPSA) is 30.5 Å². The zero-order valence-corrected chi connectivity index (χ0v) is 9.87. The van der Waals surface area contributed by atoms with E-state index in [0.29, 0.717) is 12.1 Å². The summed E-state index contributed by atoms with van der Waals surface area (Å²) in [5.74, 6) is 0.892. The highest BCUT2D eigenvalue weighted by Gasteiger charge is 2.30. The van der Waals surface area contributed by atoms with E-state index in [1.165, 1.54) is 19.3 Å². The van der Waals surface area contributed by atoms with Crippen molar-refractivity contribution in [2.24, 2.45) is 5.92 Å². The predicted molar refractivity (Wildman–Crippen MR) is 60.0 cm³/mol. The first-order chi connectivity index (χ1) is 7.29. The molecule has 2 aliphatic rings. The van der Waals surface area contributed by atoms with E-state index in [9.17, 15) is 0 Å². The molecule has 0 bridgehead atoms. The number of methoxy groups -OCH3 is 1. The third-order valence-corrected chi connectivity index (χ3v) is 3.75. The van der Waals surface area contributed by atoms with Crippen LogP contribution in [0.4, 0.5) is 0 Å². The molecule has 3 heteroatoms. The lowest BCUT2D eigenvalue weighted by Crippen LogP contribution is -2.50. The van der Waals surface area contributed by atoms with Crippen molar-refractivity contribution in [3.8, 4) is 0 Å². The number of hydrogen-bond acceptors (Lipinski definition) is 3. The van der Waals surface area contributed by atoms with Gasteiger partial charge in [0.2, 0.25) is 0 Å². The maximum atomic E-state index is 5.45. The van der Waals surface area contributed by atoms with Crippen LogP contribution in [0.3, 0.4) is 0 Å². The lowest BCUT2D eigenvalue weighted by atomic mass is 10.0. The van der Waals surface area contributed by atoms with Crippen LogP contribution < -0.4 is 5.32 Å². The predicted octanol–water partition coefficient (Wildman–Crippen LogP) is 1.57. The van der Waals surface area contributed by atoms with Crippen LogP contribution in [0.25, 0.3) is 0 Å². The molecule has 88 valence electrons. The van der Waals surface area contributed by atoms with Crippen LogP contribution in [0.5, 0.6) is 0 Å². The Morgan fingerprint density at radius 3 is 2.80 bits per heavy atom. The van der Waals surface area contributed by atoms with Gasteiger partial charge in [0.05, 0.1) is 12.7 Å². The first-order valence-electron chi connectivity index (χ1n) is 6.16. The maximum absolute atomic E-state index is 5.45. The fourth-order valence-electron chi connectivity index (χ4n) is 2.80. The van der Waals surface area contributed by atoms with Crippen molar-refractivity contribution in [2.45, 2.75) is 50.8 Å². The van der Waals surface area contributed by atoms with Crippen LogP contribution in [0.15, 0.2) is 0 Å². The fourth-order valence-corrected chi connectivity index (χ4v) is 2.80. The molecule has 1 N–H and O–H groups in total. The molecule has 0 radical (unpaired) electrons. The van der Waals surface area contributed by atoms with E-state index in [4.69, 9.17) is 9.47 Å². The summed E-state index contributed by atoms with van der Waals surface area (Å²) >= 11 is 0. The third-order valence-electron chi connectivity index (χ3n) is 3.75. The second-order valence-corrected chi connectivity index (χ2v) is 5.03. The van der Waals surface area contributed by atoms with Crippen LogP contribution in [0, 0.1) is 5.92 Å². The number of hydrogen-bond donors (Lipinski definition) is 1. The van der Waals surface area contributed by atoms with Gasteiger partial charge in [-0.3, -0.25) is 0 Å². The van der Waals surface area contributed by atoms with Crippen LogP contribution in [0.2, 0.25) is 0 Å². The molecular formula is C12H23NO2. The van der Waals surface area contributed by atoms with Crippen LogP contribution >= 0.6 is 0 Å². The Bertz CT molecular complexity index is 198. The summed E-state index contributed by atoms with van der Waals surface area (Å²) in [5.41, 5.74) is 0. The van der Waals surface area contributed by atoms with Crippen molar-refractivity contribution in [1.29, 1.82) is 0 Å².